The van der Waals surface area contributed by atoms with Gasteiger partial charge in [0.1, 0.15) is 0 Å². The lowest BCUT2D eigenvalue weighted by atomic mass is 10.1. The van der Waals surface area contributed by atoms with Crippen LogP contribution in [0.4, 0.5) is 11.4 Å². The van der Waals surface area contributed by atoms with Gasteiger partial charge in [-0.05, 0) is 43.2 Å². The number of hydrogen-bond donors (Lipinski definition) is 2. The van der Waals surface area contributed by atoms with E-state index in [1.807, 2.05) is 6.92 Å². The lowest BCUT2D eigenvalue weighted by Crippen LogP contribution is -2.24. The van der Waals surface area contributed by atoms with Gasteiger partial charge in [-0.1, -0.05) is 29.8 Å². The zero-order valence-electron chi connectivity index (χ0n) is 13.5. The van der Waals surface area contributed by atoms with E-state index in [4.69, 9.17) is 11.6 Å². The van der Waals surface area contributed by atoms with Crippen molar-refractivity contribution in [1.29, 1.82) is 0 Å². The fraction of sp³-hybridized carbons (Fsp3) is 0.167. The lowest BCUT2D eigenvalue weighted by Gasteiger charge is -2.13. The number of carboxylic acid groups (broad SMARTS) is 1. The van der Waals surface area contributed by atoms with Crippen molar-refractivity contribution in [2.75, 3.05) is 10.6 Å². The molecule has 0 saturated carbocycles. The highest BCUT2D eigenvalue weighted by atomic mass is 35.5. The molecule has 0 aliphatic heterocycles. The summed E-state index contributed by atoms with van der Waals surface area (Å²) in [6.45, 7) is 1.83. The van der Waals surface area contributed by atoms with Gasteiger partial charge in [-0.3, -0.25) is 9.59 Å². The first kappa shape index (κ1) is 18.5. The number of para-hydroxylation sites is 1. The van der Waals surface area contributed by atoms with Crippen LogP contribution in [0.5, 0.6) is 0 Å². The topological polar surface area (TPSA) is 98.3 Å². The number of hydrogen-bond acceptors (Lipinski definition) is 4. The third kappa shape index (κ3) is 5.32. The summed E-state index contributed by atoms with van der Waals surface area (Å²) < 4.78 is 0. The first-order valence-electron chi connectivity index (χ1n) is 7.53. The normalized spacial score (nSPS) is 10.2. The van der Waals surface area contributed by atoms with Gasteiger partial charge in [-0.15, -0.1) is 0 Å². The van der Waals surface area contributed by atoms with E-state index in [-0.39, 0.29) is 18.4 Å². The molecule has 0 saturated heterocycles. The predicted molar refractivity (Wildman–Crippen MR) is 93.5 cm³/mol. The standard InChI is InChI=1S/C18H17ClN2O4/c1-11-6-7-12(19)10-15(11)21-18(25)13-4-2-3-5-14(13)20-16(22)8-9-17(23)24/h2-7,10H,8-9H2,1H3,(H,20,22)(H,21,25)(H,23,24)/p-1. The van der Waals surface area contributed by atoms with Crippen LogP contribution in [-0.2, 0) is 9.59 Å². The largest absolute Gasteiger partial charge is 0.550 e. The molecule has 0 heterocycles. The molecule has 0 atom stereocenters. The smallest absolute Gasteiger partial charge is 0.257 e. The highest BCUT2D eigenvalue weighted by Gasteiger charge is 2.14. The molecule has 0 fully saturated rings. The van der Waals surface area contributed by atoms with Crippen molar-refractivity contribution in [1.82, 2.24) is 0 Å². The zero-order chi connectivity index (χ0) is 18.4. The number of aliphatic carboxylic acids is 1. The van der Waals surface area contributed by atoms with Gasteiger partial charge >= 0.3 is 0 Å². The Bertz CT molecular complexity index is 820. The van der Waals surface area contributed by atoms with Crippen molar-refractivity contribution in [2.24, 2.45) is 0 Å². The number of nitrogens with one attached hydrogen (secondary N) is 2. The minimum Gasteiger partial charge on any atom is -0.550 e. The van der Waals surface area contributed by atoms with Crippen LogP contribution in [0.1, 0.15) is 28.8 Å². The Balaban J connectivity index is 2.16. The molecule has 2 aromatic carbocycles. The van der Waals surface area contributed by atoms with E-state index in [0.717, 1.165) is 5.56 Å². The van der Waals surface area contributed by atoms with Crippen LogP contribution in [0.25, 0.3) is 0 Å². The van der Waals surface area contributed by atoms with Gasteiger partial charge in [-0.25, -0.2) is 0 Å². The molecule has 0 radical (unpaired) electrons. The van der Waals surface area contributed by atoms with E-state index in [1.54, 1.807) is 42.5 Å². The number of halogens is 1. The Kier molecular flexibility index (Phi) is 6.14. The fourth-order valence-corrected chi connectivity index (χ4v) is 2.31. The maximum absolute atomic E-state index is 12.5. The minimum atomic E-state index is -1.31. The van der Waals surface area contributed by atoms with Crippen LogP contribution in [0.15, 0.2) is 42.5 Å². The second-order valence-corrected chi connectivity index (χ2v) is 5.82. The summed E-state index contributed by atoms with van der Waals surface area (Å²) in [4.78, 5) is 34.8. The van der Waals surface area contributed by atoms with Crippen LogP contribution < -0.4 is 15.7 Å². The van der Waals surface area contributed by atoms with Crippen LogP contribution >= 0.6 is 11.6 Å². The molecule has 2 amide bonds. The van der Waals surface area contributed by atoms with E-state index < -0.39 is 17.8 Å². The van der Waals surface area contributed by atoms with Gasteiger partial charge < -0.3 is 20.5 Å². The van der Waals surface area contributed by atoms with Crippen molar-refractivity contribution in [3.05, 3.63) is 58.6 Å². The molecular formula is C18H16ClN2O4-. The maximum atomic E-state index is 12.5. The van der Waals surface area contributed by atoms with Crippen molar-refractivity contribution >= 4 is 40.8 Å². The van der Waals surface area contributed by atoms with Crippen molar-refractivity contribution in [2.45, 2.75) is 19.8 Å². The second kappa shape index (κ2) is 8.30. The molecule has 7 heteroatoms. The fourth-order valence-electron chi connectivity index (χ4n) is 2.14. The maximum Gasteiger partial charge on any atom is 0.257 e. The molecule has 2 aromatic rings. The molecule has 0 aliphatic rings. The Labute approximate surface area is 149 Å². The second-order valence-electron chi connectivity index (χ2n) is 5.38. The van der Waals surface area contributed by atoms with Gasteiger partial charge in [0.2, 0.25) is 5.91 Å². The van der Waals surface area contributed by atoms with E-state index in [1.165, 1.54) is 0 Å². The summed E-state index contributed by atoms with van der Waals surface area (Å²) in [5, 5.41) is 16.2. The van der Waals surface area contributed by atoms with Gasteiger partial charge in [-0.2, -0.15) is 0 Å². The monoisotopic (exact) mass is 359 g/mol. The number of amides is 2. The highest BCUT2D eigenvalue weighted by molar-refractivity contribution is 6.31. The zero-order valence-corrected chi connectivity index (χ0v) is 14.2. The van der Waals surface area contributed by atoms with Crippen LogP contribution in [-0.4, -0.2) is 17.8 Å². The first-order chi connectivity index (χ1) is 11.9. The molecule has 6 nitrogen and oxygen atoms in total. The molecule has 0 bridgehead atoms. The van der Waals surface area contributed by atoms with E-state index in [9.17, 15) is 19.5 Å². The number of carbonyl (C=O) groups excluding carboxylic acids is 3. The van der Waals surface area contributed by atoms with Crippen LogP contribution in [0, 0.1) is 6.92 Å². The quantitative estimate of drug-likeness (QED) is 0.827. The Hall–Kier alpha value is -2.86. The Morgan fingerprint density at radius 2 is 1.72 bits per heavy atom. The molecular weight excluding hydrogens is 344 g/mol. The van der Waals surface area contributed by atoms with E-state index in [2.05, 4.69) is 10.6 Å². The van der Waals surface area contributed by atoms with E-state index >= 15 is 0 Å². The minimum absolute atomic E-state index is 0.230. The Morgan fingerprint density at radius 3 is 2.44 bits per heavy atom. The molecule has 2 N–H and O–H groups in total. The molecule has 0 unspecified atom stereocenters. The highest BCUT2D eigenvalue weighted by Crippen LogP contribution is 2.23. The summed E-state index contributed by atoms with van der Waals surface area (Å²) in [6, 6.07) is 11.6. The molecule has 0 aliphatic carbocycles. The van der Waals surface area contributed by atoms with Gasteiger partial charge in [0.05, 0.1) is 11.3 Å². The predicted octanol–water partition coefficient (Wildman–Crippen LogP) is 2.37. The Morgan fingerprint density at radius 1 is 1.00 bits per heavy atom. The number of anilines is 2. The number of carbonyl (C=O) groups is 3. The molecule has 2 rings (SSSR count). The van der Waals surface area contributed by atoms with Crippen molar-refractivity contribution in [3.8, 4) is 0 Å². The molecule has 0 spiro atoms. The summed E-state index contributed by atoms with van der Waals surface area (Å²) in [5.74, 6) is -2.23. The van der Waals surface area contributed by atoms with Crippen LogP contribution in [0.2, 0.25) is 5.02 Å². The number of benzene rings is 2. The average molecular weight is 360 g/mol. The molecule has 0 aromatic heterocycles. The number of carboxylic acids is 1. The molecule has 130 valence electrons. The summed E-state index contributed by atoms with van der Waals surface area (Å²) >= 11 is 5.95. The number of rotatable bonds is 6. The third-order valence-electron chi connectivity index (χ3n) is 3.45. The summed E-state index contributed by atoms with van der Waals surface area (Å²) in [6.07, 6.45) is -0.617. The van der Waals surface area contributed by atoms with Gasteiger partial charge in [0.25, 0.3) is 5.91 Å². The van der Waals surface area contributed by atoms with Gasteiger partial charge in [0, 0.05) is 23.1 Å². The number of aryl methyl sites for hydroxylation is 1. The molecule has 25 heavy (non-hydrogen) atoms. The van der Waals surface area contributed by atoms with Crippen molar-refractivity contribution < 1.29 is 19.5 Å². The third-order valence-corrected chi connectivity index (χ3v) is 3.68. The first-order valence-corrected chi connectivity index (χ1v) is 7.91. The summed E-state index contributed by atoms with van der Waals surface area (Å²) in [7, 11) is 0. The van der Waals surface area contributed by atoms with Crippen molar-refractivity contribution in [3.63, 3.8) is 0 Å². The average Bonchev–Trinajstić information content (AvgIpc) is 2.56. The van der Waals surface area contributed by atoms with E-state index in [0.29, 0.717) is 16.4 Å². The lowest BCUT2D eigenvalue weighted by molar-refractivity contribution is -0.305. The van der Waals surface area contributed by atoms with Gasteiger partial charge in [0.15, 0.2) is 0 Å². The SMILES string of the molecule is Cc1ccc(Cl)cc1NC(=O)c1ccccc1NC(=O)CCC(=O)[O-]. The van der Waals surface area contributed by atoms with Crippen LogP contribution in [0.3, 0.4) is 0 Å². The summed E-state index contributed by atoms with van der Waals surface area (Å²) in [5.41, 5.74) is 1.95.